The highest BCUT2D eigenvalue weighted by Crippen LogP contribution is 2.27. The van der Waals surface area contributed by atoms with Crippen LogP contribution in [-0.4, -0.2) is 61.0 Å². The summed E-state index contributed by atoms with van der Waals surface area (Å²) >= 11 is 1.96. The van der Waals surface area contributed by atoms with Gasteiger partial charge in [-0.25, -0.2) is 0 Å². The quantitative estimate of drug-likeness (QED) is 0.594. The Morgan fingerprint density at radius 2 is 2.17 bits per heavy atom. The number of piperidine rings is 1. The van der Waals surface area contributed by atoms with Gasteiger partial charge >= 0.3 is 0 Å². The molecule has 2 N–H and O–H groups in total. The van der Waals surface area contributed by atoms with Gasteiger partial charge in [-0.15, -0.1) is 0 Å². The van der Waals surface area contributed by atoms with Crippen molar-refractivity contribution in [2.24, 2.45) is 10.9 Å². The summed E-state index contributed by atoms with van der Waals surface area (Å²) in [7, 11) is 1.80. The molecule has 0 spiro atoms. The third-order valence-electron chi connectivity index (χ3n) is 4.92. The smallest absolute Gasteiger partial charge is 0.224 e. The number of guanidine groups is 1. The van der Waals surface area contributed by atoms with Crippen molar-refractivity contribution in [1.29, 1.82) is 0 Å². The minimum absolute atomic E-state index is 0.266. The summed E-state index contributed by atoms with van der Waals surface area (Å²) in [5, 5.41) is 7.56. The number of thioether (sulfide) groups is 1. The number of rotatable bonds is 5. The number of nitrogens with one attached hydrogen (secondary N) is 2. The fraction of sp³-hybridized carbons (Fsp3) is 0.882. The molecule has 6 heteroatoms. The van der Waals surface area contributed by atoms with E-state index in [1.54, 1.807) is 7.05 Å². The molecule has 1 amide bonds. The third kappa shape index (κ3) is 5.90. The van der Waals surface area contributed by atoms with Crippen molar-refractivity contribution in [1.82, 2.24) is 15.5 Å². The highest BCUT2D eigenvalue weighted by atomic mass is 32.2. The van der Waals surface area contributed by atoms with Gasteiger partial charge in [0, 0.05) is 44.4 Å². The largest absolute Gasteiger partial charge is 0.356 e. The molecule has 0 aromatic heterocycles. The van der Waals surface area contributed by atoms with Gasteiger partial charge in [0.2, 0.25) is 5.91 Å². The van der Waals surface area contributed by atoms with Crippen molar-refractivity contribution in [3.8, 4) is 0 Å². The number of hydrogen-bond donors (Lipinski definition) is 2. The molecule has 1 aliphatic carbocycles. The van der Waals surface area contributed by atoms with Crippen molar-refractivity contribution in [3.63, 3.8) is 0 Å². The van der Waals surface area contributed by atoms with Crippen LogP contribution in [0.1, 0.15) is 45.4 Å². The van der Waals surface area contributed by atoms with E-state index in [0.717, 1.165) is 30.7 Å². The molecule has 132 valence electrons. The highest BCUT2D eigenvalue weighted by Gasteiger charge is 2.24. The predicted octanol–water partition coefficient (Wildman–Crippen LogP) is 2.08. The van der Waals surface area contributed by atoms with Gasteiger partial charge in [-0.2, -0.15) is 11.8 Å². The lowest BCUT2D eigenvalue weighted by Crippen LogP contribution is -2.44. The summed E-state index contributed by atoms with van der Waals surface area (Å²) in [5.74, 6) is 1.74. The SMILES string of the molecule is CN=C(NCCC(=O)N1CCCC(C)C1)NC1CCC(SC)C1. The maximum atomic E-state index is 12.3. The van der Waals surface area contributed by atoms with E-state index in [1.165, 1.54) is 25.7 Å². The average Bonchev–Trinajstić information content (AvgIpc) is 3.01. The van der Waals surface area contributed by atoms with Gasteiger partial charge < -0.3 is 15.5 Å². The number of hydrogen-bond acceptors (Lipinski definition) is 3. The average molecular weight is 341 g/mol. The zero-order valence-electron chi connectivity index (χ0n) is 14.8. The minimum Gasteiger partial charge on any atom is -0.356 e. The van der Waals surface area contributed by atoms with Gasteiger partial charge in [-0.1, -0.05) is 6.92 Å². The molecule has 3 unspecified atom stereocenters. The van der Waals surface area contributed by atoms with Crippen LogP contribution in [0.4, 0.5) is 0 Å². The molecule has 0 bridgehead atoms. The van der Waals surface area contributed by atoms with Crippen LogP contribution >= 0.6 is 11.8 Å². The molecule has 23 heavy (non-hydrogen) atoms. The second-order valence-corrected chi connectivity index (χ2v) is 7.99. The molecule has 2 rings (SSSR count). The number of carbonyl (C=O) groups is 1. The summed E-state index contributed by atoms with van der Waals surface area (Å²) < 4.78 is 0. The van der Waals surface area contributed by atoms with Crippen molar-refractivity contribution in [2.45, 2.75) is 56.7 Å². The number of likely N-dealkylation sites (tertiary alicyclic amines) is 1. The third-order valence-corrected chi connectivity index (χ3v) is 6.02. The van der Waals surface area contributed by atoms with E-state index in [0.29, 0.717) is 24.9 Å². The second kappa shape index (κ2) is 9.40. The normalized spacial score (nSPS) is 28.7. The van der Waals surface area contributed by atoms with Gasteiger partial charge in [0.15, 0.2) is 5.96 Å². The van der Waals surface area contributed by atoms with Crippen LogP contribution in [0.25, 0.3) is 0 Å². The van der Waals surface area contributed by atoms with Gasteiger partial charge in [0.05, 0.1) is 0 Å². The van der Waals surface area contributed by atoms with Crippen LogP contribution in [0, 0.1) is 5.92 Å². The number of aliphatic imine (C=N–C) groups is 1. The predicted molar refractivity (Wildman–Crippen MR) is 99.0 cm³/mol. The van der Waals surface area contributed by atoms with E-state index in [2.05, 4.69) is 28.8 Å². The molecule has 3 atom stereocenters. The van der Waals surface area contributed by atoms with Crippen molar-refractivity contribution >= 4 is 23.6 Å². The molecule has 0 aromatic carbocycles. The first-order chi connectivity index (χ1) is 11.1. The fourth-order valence-electron chi connectivity index (χ4n) is 3.54. The second-order valence-electron chi connectivity index (χ2n) is 6.85. The highest BCUT2D eigenvalue weighted by molar-refractivity contribution is 7.99. The van der Waals surface area contributed by atoms with E-state index in [4.69, 9.17) is 0 Å². The molecule has 0 radical (unpaired) electrons. The monoisotopic (exact) mass is 340 g/mol. The van der Waals surface area contributed by atoms with E-state index < -0.39 is 0 Å². The first-order valence-electron chi connectivity index (χ1n) is 8.90. The maximum Gasteiger partial charge on any atom is 0.224 e. The van der Waals surface area contributed by atoms with E-state index in [1.807, 2.05) is 16.7 Å². The molecule has 2 aliphatic rings. The Morgan fingerprint density at radius 1 is 1.35 bits per heavy atom. The topological polar surface area (TPSA) is 56.7 Å². The van der Waals surface area contributed by atoms with E-state index in [9.17, 15) is 4.79 Å². The van der Waals surface area contributed by atoms with Crippen LogP contribution < -0.4 is 10.6 Å². The molecule has 1 saturated heterocycles. The van der Waals surface area contributed by atoms with Gasteiger partial charge in [0.1, 0.15) is 0 Å². The van der Waals surface area contributed by atoms with Crippen molar-refractivity contribution < 1.29 is 4.79 Å². The Kier molecular flexibility index (Phi) is 7.53. The zero-order valence-corrected chi connectivity index (χ0v) is 15.6. The van der Waals surface area contributed by atoms with Crippen LogP contribution in [0.15, 0.2) is 4.99 Å². The molecule has 1 saturated carbocycles. The molecular formula is C17H32N4OS. The van der Waals surface area contributed by atoms with Crippen LogP contribution in [0.2, 0.25) is 0 Å². The van der Waals surface area contributed by atoms with Crippen molar-refractivity contribution in [3.05, 3.63) is 0 Å². The molecule has 1 aliphatic heterocycles. The molecule has 0 aromatic rings. The van der Waals surface area contributed by atoms with Gasteiger partial charge in [-0.3, -0.25) is 9.79 Å². The summed E-state index contributed by atoms with van der Waals surface area (Å²) in [6, 6.07) is 0.511. The lowest BCUT2D eigenvalue weighted by Gasteiger charge is -2.31. The Bertz CT molecular complexity index is 415. The lowest BCUT2D eigenvalue weighted by atomic mass is 10.00. The van der Waals surface area contributed by atoms with Crippen LogP contribution in [-0.2, 0) is 4.79 Å². The maximum absolute atomic E-state index is 12.3. The fourth-order valence-corrected chi connectivity index (χ4v) is 4.33. The Balaban J connectivity index is 1.66. The number of carbonyl (C=O) groups excluding carboxylic acids is 1. The molecule has 2 fully saturated rings. The Labute approximate surface area is 145 Å². The Hall–Kier alpha value is -0.910. The van der Waals surface area contributed by atoms with Gasteiger partial charge in [0.25, 0.3) is 0 Å². The number of nitrogens with zero attached hydrogens (tertiary/aromatic N) is 2. The van der Waals surface area contributed by atoms with Crippen LogP contribution in [0.3, 0.4) is 0 Å². The summed E-state index contributed by atoms with van der Waals surface area (Å²) in [6.45, 7) is 4.73. The zero-order chi connectivity index (χ0) is 16.7. The molecule has 1 heterocycles. The first-order valence-corrected chi connectivity index (χ1v) is 10.2. The van der Waals surface area contributed by atoms with Gasteiger partial charge in [-0.05, 0) is 44.3 Å². The summed E-state index contributed by atoms with van der Waals surface area (Å²) in [4.78, 5) is 18.6. The summed E-state index contributed by atoms with van der Waals surface area (Å²) in [5.41, 5.74) is 0. The minimum atomic E-state index is 0.266. The first kappa shape index (κ1) is 18.4. The van der Waals surface area contributed by atoms with Crippen LogP contribution in [0.5, 0.6) is 0 Å². The molecule has 5 nitrogen and oxygen atoms in total. The van der Waals surface area contributed by atoms with E-state index >= 15 is 0 Å². The standard InChI is InChI=1S/C17H32N4OS/c1-13-5-4-10-21(12-13)16(22)8-9-19-17(18-2)20-14-6-7-15(11-14)23-3/h13-15H,4-12H2,1-3H3,(H2,18,19,20). The number of amides is 1. The summed E-state index contributed by atoms with van der Waals surface area (Å²) in [6.07, 6.45) is 8.81. The van der Waals surface area contributed by atoms with Crippen molar-refractivity contribution in [2.75, 3.05) is 32.9 Å². The Morgan fingerprint density at radius 3 is 2.83 bits per heavy atom. The molecular weight excluding hydrogens is 308 g/mol. The lowest BCUT2D eigenvalue weighted by molar-refractivity contribution is -0.132. The van der Waals surface area contributed by atoms with E-state index in [-0.39, 0.29) is 5.91 Å².